The van der Waals surface area contributed by atoms with Gasteiger partial charge in [0.15, 0.2) is 0 Å². The molecule has 31 heavy (non-hydrogen) atoms. The summed E-state index contributed by atoms with van der Waals surface area (Å²) in [4.78, 5) is 21.8. The van der Waals surface area contributed by atoms with Crippen LogP contribution in [0.5, 0.6) is 5.75 Å². The first-order valence-electron chi connectivity index (χ1n) is 9.72. The molecule has 0 fully saturated rings. The number of imidazole rings is 1. The quantitative estimate of drug-likeness (QED) is 0.420. The van der Waals surface area contributed by atoms with Crippen LogP contribution >= 0.6 is 0 Å². The molecule has 0 atom stereocenters. The summed E-state index contributed by atoms with van der Waals surface area (Å²) >= 11 is 0. The Morgan fingerprint density at radius 3 is 2.65 bits per heavy atom. The van der Waals surface area contributed by atoms with Crippen LogP contribution in [0.3, 0.4) is 0 Å². The summed E-state index contributed by atoms with van der Waals surface area (Å²) in [5.74, 6) is 7.00. The van der Waals surface area contributed by atoms with Crippen LogP contribution in [-0.4, -0.2) is 26.2 Å². The molecule has 0 aliphatic heterocycles. The normalized spacial score (nSPS) is 10.8. The van der Waals surface area contributed by atoms with E-state index in [1.807, 2.05) is 54.6 Å². The number of aryl methyl sites for hydroxylation is 1. The molecule has 3 heterocycles. The predicted octanol–water partition coefficient (Wildman–Crippen LogP) is 3.68. The molecule has 0 amide bonds. The van der Waals surface area contributed by atoms with E-state index >= 15 is 0 Å². The molecule has 0 aliphatic rings. The Kier molecular flexibility index (Phi) is 4.49. The maximum atomic E-state index is 13.1. The summed E-state index contributed by atoms with van der Waals surface area (Å²) < 4.78 is 8.66. The molecule has 0 spiro atoms. The third-order valence-corrected chi connectivity index (χ3v) is 5.21. The van der Waals surface area contributed by atoms with Crippen molar-refractivity contribution in [1.82, 2.24) is 19.1 Å². The number of ether oxygens (including phenoxy) is 1. The Hall–Kier alpha value is -4.37. The van der Waals surface area contributed by atoms with Crippen molar-refractivity contribution >= 4 is 21.9 Å². The van der Waals surface area contributed by atoms with Crippen LogP contribution in [0.2, 0.25) is 0 Å². The van der Waals surface area contributed by atoms with Gasteiger partial charge < -0.3 is 4.74 Å². The number of hydrogen-bond acceptors (Lipinski definition) is 4. The first kappa shape index (κ1) is 18.6. The lowest BCUT2D eigenvalue weighted by Gasteiger charge is -2.08. The van der Waals surface area contributed by atoms with Crippen LogP contribution in [0.25, 0.3) is 27.6 Å². The van der Waals surface area contributed by atoms with Crippen molar-refractivity contribution in [3.05, 3.63) is 94.8 Å². The third kappa shape index (κ3) is 3.22. The molecule has 0 aliphatic carbocycles. The van der Waals surface area contributed by atoms with E-state index in [2.05, 4.69) is 21.8 Å². The number of pyridine rings is 2. The largest absolute Gasteiger partial charge is 0.497 e. The fourth-order valence-corrected chi connectivity index (χ4v) is 3.65. The number of aromatic nitrogens is 4. The molecule has 0 bridgehead atoms. The van der Waals surface area contributed by atoms with Gasteiger partial charge in [-0.2, -0.15) is 0 Å². The molecule has 150 valence electrons. The van der Waals surface area contributed by atoms with Crippen LogP contribution in [-0.2, 0) is 7.05 Å². The summed E-state index contributed by atoms with van der Waals surface area (Å²) in [7, 11) is 3.36. The third-order valence-electron chi connectivity index (χ3n) is 5.21. The van der Waals surface area contributed by atoms with E-state index in [0.29, 0.717) is 5.75 Å². The topological polar surface area (TPSA) is 61.9 Å². The van der Waals surface area contributed by atoms with Gasteiger partial charge in [0.2, 0.25) is 0 Å². The lowest BCUT2D eigenvalue weighted by molar-refractivity contribution is 0.414. The van der Waals surface area contributed by atoms with Gasteiger partial charge in [0.05, 0.1) is 35.5 Å². The number of methoxy groups -OCH3 is 1. The number of benzene rings is 2. The van der Waals surface area contributed by atoms with Gasteiger partial charge in [-0.05, 0) is 42.5 Å². The Morgan fingerprint density at radius 1 is 0.968 bits per heavy atom. The molecular weight excluding hydrogens is 388 g/mol. The molecule has 6 heteroatoms. The van der Waals surface area contributed by atoms with Crippen molar-refractivity contribution in [3.8, 4) is 23.3 Å². The molecule has 6 nitrogen and oxygen atoms in total. The van der Waals surface area contributed by atoms with Crippen LogP contribution in [0.4, 0.5) is 0 Å². The van der Waals surface area contributed by atoms with Crippen LogP contribution in [0.15, 0.2) is 78.0 Å². The lowest BCUT2D eigenvalue weighted by Crippen LogP contribution is -2.20. The molecule has 2 aromatic carbocycles. The molecule has 0 N–H and O–H groups in total. The van der Waals surface area contributed by atoms with E-state index in [1.165, 1.54) is 0 Å². The fraction of sp³-hybridized carbons (Fsp3) is 0.0800. The van der Waals surface area contributed by atoms with E-state index < -0.39 is 0 Å². The zero-order chi connectivity index (χ0) is 21.4. The first-order valence-corrected chi connectivity index (χ1v) is 9.72. The van der Waals surface area contributed by atoms with E-state index in [9.17, 15) is 4.79 Å². The van der Waals surface area contributed by atoms with Crippen molar-refractivity contribution in [2.75, 3.05) is 7.11 Å². The molecule has 0 unspecified atom stereocenters. The number of hydrogen-bond donors (Lipinski definition) is 0. The van der Waals surface area contributed by atoms with Crippen molar-refractivity contribution in [1.29, 1.82) is 0 Å². The summed E-state index contributed by atoms with van der Waals surface area (Å²) in [6.07, 6.45) is 5.18. The molecule has 0 radical (unpaired) electrons. The standard InChI is InChI=1S/C25H18N4O2/c1-28-23-16-27-22-11-10-17(8-9-18-5-4-12-26-15-18)13-21(22)24(23)29(25(28)30)19-6-3-7-20(14-19)31-2/h3-7,10-16H,1-2H3. The molecule has 5 aromatic rings. The van der Waals surface area contributed by atoms with Crippen LogP contribution in [0, 0.1) is 11.8 Å². The average Bonchev–Trinajstić information content (AvgIpc) is 3.08. The molecule has 5 rings (SSSR count). The number of rotatable bonds is 2. The number of nitrogens with zero attached hydrogens (tertiary/aromatic N) is 4. The minimum absolute atomic E-state index is 0.149. The monoisotopic (exact) mass is 406 g/mol. The SMILES string of the molecule is COc1cccc(-n2c(=O)n(C)c3cnc4ccc(C#Cc5cccnc5)cc4c32)c1. The van der Waals surface area contributed by atoms with Gasteiger partial charge in [0.1, 0.15) is 5.75 Å². The first-order chi connectivity index (χ1) is 15.2. The summed E-state index contributed by atoms with van der Waals surface area (Å²) in [5, 5.41) is 0.857. The minimum Gasteiger partial charge on any atom is -0.497 e. The van der Waals surface area contributed by atoms with Crippen molar-refractivity contribution in [3.63, 3.8) is 0 Å². The smallest absolute Gasteiger partial charge is 0.333 e. The number of fused-ring (bicyclic) bond motifs is 3. The average molecular weight is 406 g/mol. The fourth-order valence-electron chi connectivity index (χ4n) is 3.65. The van der Waals surface area contributed by atoms with Gasteiger partial charge >= 0.3 is 5.69 Å². The van der Waals surface area contributed by atoms with Gasteiger partial charge in [-0.3, -0.25) is 19.1 Å². The zero-order valence-electron chi connectivity index (χ0n) is 17.0. The highest BCUT2D eigenvalue weighted by atomic mass is 16.5. The van der Waals surface area contributed by atoms with Gasteiger partial charge in [0.25, 0.3) is 0 Å². The van der Waals surface area contributed by atoms with Crippen molar-refractivity contribution in [2.45, 2.75) is 0 Å². The van der Waals surface area contributed by atoms with Crippen molar-refractivity contribution < 1.29 is 4.74 Å². The van der Waals surface area contributed by atoms with Gasteiger partial charge in [-0.15, -0.1) is 0 Å². The maximum Gasteiger partial charge on any atom is 0.333 e. The van der Waals surface area contributed by atoms with Gasteiger partial charge in [0, 0.05) is 42.0 Å². The molecule has 3 aromatic heterocycles. The van der Waals surface area contributed by atoms with Crippen LogP contribution in [0.1, 0.15) is 11.1 Å². The highest BCUT2D eigenvalue weighted by Gasteiger charge is 2.16. The van der Waals surface area contributed by atoms with E-state index in [0.717, 1.165) is 38.8 Å². The second-order valence-electron chi connectivity index (χ2n) is 7.09. The molecule has 0 saturated heterocycles. The molecular formula is C25H18N4O2. The Bertz CT molecular complexity index is 1550. The summed E-state index contributed by atoms with van der Waals surface area (Å²) in [6.45, 7) is 0. The Balaban J connectivity index is 1.78. The van der Waals surface area contributed by atoms with Crippen LogP contribution < -0.4 is 10.4 Å². The second-order valence-corrected chi connectivity index (χ2v) is 7.09. The minimum atomic E-state index is -0.149. The van der Waals surface area contributed by atoms with Gasteiger partial charge in [-0.25, -0.2) is 4.79 Å². The van der Waals surface area contributed by atoms with Gasteiger partial charge in [-0.1, -0.05) is 17.9 Å². The highest BCUT2D eigenvalue weighted by Crippen LogP contribution is 2.27. The summed E-state index contributed by atoms with van der Waals surface area (Å²) in [5.41, 5.74) is 4.58. The molecule has 0 saturated carbocycles. The second kappa shape index (κ2) is 7.47. The Morgan fingerprint density at radius 2 is 1.84 bits per heavy atom. The zero-order valence-corrected chi connectivity index (χ0v) is 17.0. The van der Waals surface area contributed by atoms with E-state index in [-0.39, 0.29) is 5.69 Å². The van der Waals surface area contributed by atoms with E-state index in [1.54, 1.807) is 41.9 Å². The van der Waals surface area contributed by atoms with E-state index in [4.69, 9.17) is 4.74 Å². The predicted molar refractivity (Wildman–Crippen MR) is 121 cm³/mol. The highest BCUT2D eigenvalue weighted by molar-refractivity contribution is 6.03. The summed E-state index contributed by atoms with van der Waals surface area (Å²) in [6, 6.07) is 17.1. The Labute approximate surface area is 178 Å². The lowest BCUT2D eigenvalue weighted by atomic mass is 10.1. The maximum absolute atomic E-state index is 13.1. The van der Waals surface area contributed by atoms with Crippen molar-refractivity contribution in [2.24, 2.45) is 7.05 Å².